The van der Waals surface area contributed by atoms with Crippen molar-refractivity contribution in [3.8, 4) is 0 Å². The van der Waals surface area contributed by atoms with Gasteiger partial charge in [0.2, 0.25) is 29.5 Å². The average Bonchev–Trinajstić information content (AvgIpc) is 1.39. The molecule has 0 atom stereocenters. The summed E-state index contributed by atoms with van der Waals surface area (Å²) in [4.78, 5) is 208. The summed E-state index contributed by atoms with van der Waals surface area (Å²) in [6, 6.07) is 0. The predicted octanol–water partition coefficient (Wildman–Crippen LogP) is -2.58. The molecule has 842 valence electrons. The Morgan fingerprint density at radius 2 is 0.449 bits per heavy atom. The number of imide groups is 4. The molecule has 4 saturated heterocycles. The molecule has 51 nitrogen and oxygen atoms in total. The van der Waals surface area contributed by atoms with Crippen LogP contribution in [0.25, 0.3) is 0 Å². The zero-order chi connectivity index (χ0) is 105. The van der Waals surface area contributed by atoms with E-state index < -0.39 is 58.9 Å². The molecule has 0 aromatic rings. The van der Waals surface area contributed by atoms with E-state index in [0.717, 1.165) is 4.90 Å². The van der Waals surface area contributed by atoms with Crippen molar-refractivity contribution in [2.24, 2.45) is 0 Å². The Morgan fingerprint density at radius 1 is 0.231 bits per heavy atom. The molecule has 0 spiro atoms. The molecule has 4 fully saturated rings. The fraction of sp³-hybridized carbons (Fsp3) is 0.830. The molecule has 0 radical (unpaired) electrons. The van der Waals surface area contributed by atoms with Gasteiger partial charge < -0.3 is 159 Å². The molecule has 3 N–H and O–H groups in total. The second-order valence-electron chi connectivity index (χ2n) is 31.9. The van der Waals surface area contributed by atoms with Crippen molar-refractivity contribution in [1.82, 2.24) is 36.0 Å². The molecule has 147 heavy (non-hydrogen) atoms. The van der Waals surface area contributed by atoms with Crippen LogP contribution < -0.4 is 67.3 Å². The summed E-state index contributed by atoms with van der Waals surface area (Å²) in [5, 5.41) is 9.97. The van der Waals surface area contributed by atoms with Crippen molar-refractivity contribution in [2.45, 2.75) is 161 Å². The Hall–Kier alpha value is -6.21. The second kappa shape index (κ2) is 98.0. The smallest absolute Gasteiger partial charge is 0.577 e. The molecule has 0 aliphatic carbocycles. The number of ether oxygens (including phenoxy) is 25. The van der Waals surface area contributed by atoms with Gasteiger partial charge in [0.15, 0.2) is 0 Å². The first-order valence-corrected chi connectivity index (χ1v) is 50.0. The van der Waals surface area contributed by atoms with Crippen molar-refractivity contribution < 1.29 is 261 Å². The number of hydrogen-bond donors (Lipinski definition) is 3. The van der Waals surface area contributed by atoms with Crippen molar-refractivity contribution in [1.29, 1.82) is 0 Å². The van der Waals surface area contributed by atoms with E-state index in [9.17, 15) is 76.7 Å². The summed E-state index contributed by atoms with van der Waals surface area (Å²) in [5.41, 5.74) is -1.33. The summed E-state index contributed by atoms with van der Waals surface area (Å²) < 4.78 is 138. The maximum Gasteiger partial charge on any atom is 1.00 e. The first kappa shape index (κ1) is 139. The van der Waals surface area contributed by atoms with Crippen LogP contribution >= 0.6 is 9.90 Å². The van der Waals surface area contributed by atoms with Crippen LogP contribution in [0.1, 0.15) is 155 Å². The number of hydrogen-bond acceptors (Lipinski definition) is 44. The first-order valence-electron chi connectivity index (χ1n) is 50.0. The molecule has 0 saturated carbocycles. The van der Waals surface area contributed by atoms with Gasteiger partial charge in [-0.3, -0.25) is 67.2 Å². The number of hydroxylamine groups is 6. The van der Waals surface area contributed by atoms with Crippen molar-refractivity contribution >= 4 is 104 Å². The molecule has 0 aromatic carbocycles. The van der Waals surface area contributed by atoms with E-state index in [1.807, 2.05) is 13.8 Å². The zero-order valence-electron chi connectivity index (χ0n) is 86.4. The molecule has 4 rings (SSSR count). The summed E-state index contributed by atoms with van der Waals surface area (Å²) in [5.74, 6) is -7.08. The Kier molecular flexibility index (Phi) is 92.5. The average molecular weight is 2160 g/mol. The zero-order valence-corrected chi connectivity index (χ0v) is 90.6. The van der Waals surface area contributed by atoms with E-state index in [4.69, 9.17) is 133 Å². The Morgan fingerprint density at radius 3 is 0.748 bits per heavy atom. The number of Topliss-reactive ketones (excluding diaryl/α,β-unsaturated/α-hetero) is 2. The van der Waals surface area contributed by atoms with Crippen LogP contribution in [-0.2, 0) is 210 Å². The van der Waals surface area contributed by atoms with Gasteiger partial charge in [-0.1, -0.05) is 0 Å². The van der Waals surface area contributed by atoms with Crippen molar-refractivity contribution in [3.63, 3.8) is 0 Å². The van der Waals surface area contributed by atoms with Crippen LogP contribution in [0, 0.1) is 0 Å². The largest absolute Gasteiger partial charge is 1.00 e. The summed E-state index contributed by atoms with van der Waals surface area (Å²) >= 11 is 0. The monoisotopic (exact) mass is 2160 g/mol. The Bertz CT molecular complexity index is 3240. The van der Waals surface area contributed by atoms with Gasteiger partial charge in [0, 0.05) is 162 Å². The third-order valence-electron chi connectivity index (χ3n) is 20.0. The SMILES string of the molecule is CCOCCCOCCCC(=O)NC(COCCC(=O)CCCOCCOCCOCCOCCC(=O)ON1C(=O)CCC1=O)(COCCC(=O)CCCOCCOCCOCCOCCC(=O)ON1C(=O)CCC1=O)COCCC(=O)NCCOCCOCCOCCOCCC(=O)ON1C(=O)CCC1=O.CCOCCOCCOCCOCCOCCOCCOCCOCCNC(=O)CCN1C(=O)CCC1=O.[K+].[PH2-]. The van der Waals surface area contributed by atoms with Gasteiger partial charge in [-0.25, -0.2) is 14.4 Å². The fourth-order valence-electron chi connectivity index (χ4n) is 12.4. The number of amides is 11. The molecule has 0 unspecified atom stereocenters. The van der Waals surface area contributed by atoms with E-state index in [0.29, 0.717) is 219 Å². The normalized spacial score (nSPS) is 13.6. The number of carbonyl (C=O) groups excluding carboxylic acids is 16. The maximum atomic E-state index is 13.7. The molecule has 0 bridgehead atoms. The second-order valence-corrected chi connectivity index (χ2v) is 31.9. The molecule has 4 aliphatic heterocycles. The topological polar surface area (TPSA) is 581 Å². The number of carbonyl (C=O) groups is 16. The van der Waals surface area contributed by atoms with Gasteiger partial charge in [0.25, 0.3) is 35.4 Å². The number of nitrogens with one attached hydrogen (secondary N) is 3. The summed E-state index contributed by atoms with van der Waals surface area (Å²) in [6.07, 6.45) is 2.78. The van der Waals surface area contributed by atoms with Crippen LogP contribution in [0.4, 0.5) is 0 Å². The van der Waals surface area contributed by atoms with E-state index in [-0.39, 0.29) is 390 Å². The van der Waals surface area contributed by atoms with Gasteiger partial charge in [-0.15, -0.1) is 15.2 Å². The van der Waals surface area contributed by atoms with Crippen molar-refractivity contribution in [3.05, 3.63) is 0 Å². The molecule has 0 aromatic heterocycles. The van der Waals surface area contributed by atoms with Gasteiger partial charge in [-0.2, -0.15) is 0 Å². The van der Waals surface area contributed by atoms with Crippen LogP contribution in [0.3, 0.4) is 0 Å². The molecule has 53 heteroatoms. The number of rotatable bonds is 103. The van der Waals surface area contributed by atoms with Crippen LogP contribution in [0.5, 0.6) is 0 Å². The molecule has 4 heterocycles. The minimum absolute atomic E-state index is 0. The quantitative estimate of drug-likeness (QED) is 0.0243. The maximum absolute atomic E-state index is 13.7. The third-order valence-corrected chi connectivity index (χ3v) is 20.0. The first-order chi connectivity index (χ1) is 70.7. The molecule has 11 amide bonds. The van der Waals surface area contributed by atoms with Crippen LogP contribution in [0.15, 0.2) is 0 Å². The summed E-state index contributed by atoms with van der Waals surface area (Å²) in [7, 11) is 0. The van der Waals surface area contributed by atoms with E-state index in [1.54, 1.807) is 0 Å². The molecular weight excluding hydrogens is 2000 g/mol. The van der Waals surface area contributed by atoms with E-state index in [2.05, 4.69) is 16.0 Å². The van der Waals surface area contributed by atoms with Gasteiger partial charge >= 0.3 is 69.3 Å². The number of ketones is 2. The van der Waals surface area contributed by atoms with E-state index >= 15 is 0 Å². The minimum atomic E-state index is -1.33. The molecule has 4 aliphatic rings. The van der Waals surface area contributed by atoms with Crippen LogP contribution in [-0.4, -0.2) is 470 Å². The predicted molar refractivity (Wildman–Crippen MR) is 511 cm³/mol. The van der Waals surface area contributed by atoms with Crippen molar-refractivity contribution in [2.75, 3.05) is 350 Å². The van der Waals surface area contributed by atoms with Crippen LogP contribution in [0.2, 0.25) is 0 Å². The molecular formula is C94H161KN7O44P. The third kappa shape index (κ3) is 79.4. The van der Waals surface area contributed by atoms with E-state index in [1.165, 1.54) is 0 Å². The number of nitrogens with zero attached hydrogens (tertiary/aromatic N) is 4. The van der Waals surface area contributed by atoms with Gasteiger partial charge in [0.05, 0.1) is 303 Å². The number of likely N-dealkylation sites (tertiary alicyclic amines) is 1. The summed E-state index contributed by atoms with van der Waals surface area (Å²) in [6.45, 7) is 19.6. The fourth-order valence-corrected chi connectivity index (χ4v) is 12.4. The Balaban J connectivity index is 0.00000226. The Labute approximate surface area is 906 Å². The minimum Gasteiger partial charge on any atom is -0.577 e. The van der Waals surface area contributed by atoms with Gasteiger partial charge in [0.1, 0.15) is 17.1 Å². The van der Waals surface area contributed by atoms with Gasteiger partial charge in [-0.05, 0) is 39.5 Å². The standard InChI is InChI=1S/C69H113N5O33.C25H46N2O11.K.H2P/c1-2-88-26-6-27-89-25-5-9-59(78)71-69(53-102-28-16-56(75)7-3-23-90-35-41-96-47-49-98-43-37-92-31-19-66(85)105-72-60(79)10-11-61(72)80,54-103-29-17-57(76)8-4-24-91-36-42-97-48-50-99-44-38-93-32-20-67(86)106-73-62(81)12-13-63(73)82)55-104-30-18-58(77)70-22-34-95-40-46-101-52-51-100-45-39-94-33-21-68(87)107-74-64(83)14-15-65(74)84;1-2-31-9-10-33-13-14-35-17-18-37-21-22-38-20-19-36-16-15-34-12-11-32-8-6-26-23(28)5-7-27-24(29)3-4-25(27)30;;/h2-55H2,1H3,(H,70,77)(H,71,78);2-22H2,1H3,(H,26,28);;1H2/q;;+1;-1.